The molecule has 86 valence electrons. The lowest BCUT2D eigenvalue weighted by atomic mass is 9.85. The van der Waals surface area contributed by atoms with Gasteiger partial charge in [-0.15, -0.1) is 0 Å². The van der Waals surface area contributed by atoms with Crippen molar-refractivity contribution in [2.45, 2.75) is 27.7 Å². The lowest BCUT2D eigenvalue weighted by molar-refractivity contribution is -0.133. The first kappa shape index (κ1) is 12.4. The van der Waals surface area contributed by atoms with Crippen molar-refractivity contribution < 1.29 is 9.90 Å². The first-order chi connectivity index (χ1) is 7.30. The summed E-state index contributed by atoms with van der Waals surface area (Å²) in [6.07, 6.45) is 4.86. The van der Waals surface area contributed by atoms with Crippen LogP contribution in [0.5, 0.6) is 0 Å². The van der Waals surface area contributed by atoms with Crippen molar-refractivity contribution in [3.8, 4) is 0 Å². The van der Waals surface area contributed by atoms with Gasteiger partial charge >= 0.3 is 5.97 Å². The molecule has 0 saturated carbocycles. The molecule has 0 bridgehead atoms. The van der Waals surface area contributed by atoms with E-state index in [4.69, 9.17) is 5.11 Å². The van der Waals surface area contributed by atoms with E-state index in [1.165, 1.54) is 0 Å². The predicted octanol–water partition coefficient (Wildman–Crippen LogP) is 2.30. The lowest BCUT2D eigenvalue weighted by Gasteiger charge is -2.19. The van der Waals surface area contributed by atoms with Crippen molar-refractivity contribution in [1.29, 1.82) is 0 Å². The molecule has 1 heterocycles. The van der Waals surface area contributed by atoms with Crippen molar-refractivity contribution in [3.05, 3.63) is 29.4 Å². The molecular weight excluding hydrogens is 204 g/mol. The molecule has 0 aliphatic rings. The molecule has 0 unspecified atom stereocenters. The number of rotatable bonds is 2. The number of hydrogen-bond acceptors (Lipinski definition) is 3. The van der Waals surface area contributed by atoms with Crippen LogP contribution in [0.2, 0.25) is 0 Å². The van der Waals surface area contributed by atoms with Gasteiger partial charge in [0.05, 0.1) is 0 Å². The second-order valence-electron chi connectivity index (χ2n) is 4.68. The molecule has 0 aromatic carbocycles. The summed E-state index contributed by atoms with van der Waals surface area (Å²) in [5.41, 5.74) is 0.648. The smallest absolute Gasteiger partial charge is 0.332 e. The number of carboxylic acid groups (broad SMARTS) is 1. The van der Waals surface area contributed by atoms with E-state index in [1.807, 2.05) is 20.8 Å². The summed E-state index contributed by atoms with van der Waals surface area (Å²) in [4.78, 5) is 19.2. The van der Waals surface area contributed by atoms with Gasteiger partial charge in [-0.25, -0.2) is 14.8 Å². The molecule has 0 saturated heterocycles. The van der Waals surface area contributed by atoms with Crippen LogP contribution in [0.4, 0.5) is 0 Å². The topological polar surface area (TPSA) is 63.1 Å². The van der Waals surface area contributed by atoms with Gasteiger partial charge in [0.15, 0.2) is 0 Å². The van der Waals surface area contributed by atoms with E-state index in [1.54, 1.807) is 25.4 Å². The molecule has 0 atom stereocenters. The fourth-order valence-corrected chi connectivity index (χ4v) is 1.24. The van der Waals surface area contributed by atoms with Gasteiger partial charge < -0.3 is 5.11 Å². The largest absolute Gasteiger partial charge is 0.478 e. The molecule has 1 aromatic heterocycles. The average molecular weight is 220 g/mol. The maximum atomic E-state index is 11.1. The number of aromatic nitrogens is 2. The first-order valence-electron chi connectivity index (χ1n) is 5.05. The number of aliphatic carboxylic acids is 1. The summed E-state index contributed by atoms with van der Waals surface area (Å²) in [5.74, 6) is -0.238. The highest BCUT2D eigenvalue weighted by atomic mass is 16.4. The van der Waals surface area contributed by atoms with Gasteiger partial charge in [0, 0.05) is 23.5 Å². The van der Waals surface area contributed by atoms with E-state index in [9.17, 15) is 4.79 Å². The molecular formula is C12H16N2O2. The molecule has 0 aliphatic heterocycles. The van der Waals surface area contributed by atoms with E-state index in [0.717, 1.165) is 0 Å². The Hall–Kier alpha value is -1.71. The standard InChI is InChI=1S/C12H16N2O2/c1-8-13-6-9(7-14-8)5-10(11(15)16)12(2,3)4/h5-7H,1-4H3,(H,15,16)/b10-5-. The molecule has 0 spiro atoms. The molecule has 0 radical (unpaired) electrons. The number of carbonyl (C=O) groups is 1. The molecule has 1 aromatic rings. The molecule has 0 fully saturated rings. The predicted molar refractivity (Wildman–Crippen MR) is 61.8 cm³/mol. The highest BCUT2D eigenvalue weighted by molar-refractivity contribution is 5.93. The van der Waals surface area contributed by atoms with E-state index in [2.05, 4.69) is 9.97 Å². The Morgan fingerprint density at radius 2 is 1.81 bits per heavy atom. The number of hydrogen-bond donors (Lipinski definition) is 1. The first-order valence-corrected chi connectivity index (χ1v) is 5.05. The summed E-state index contributed by atoms with van der Waals surface area (Å²) < 4.78 is 0. The summed E-state index contributed by atoms with van der Waals surface area (Å²) in [6.45, 7) is 7.38. The quantitative estimate of drug-likeness (QED) is 0.777. The second kappa shape index (κ2) is 4.43. The molecule has 1 rings (SSSR count). The van der Waals surface area contributed by atoms with Crippen molar-refractivity contribution >= 4 is 12.0 Å². The Morgan fingerprint density at radius 3 is 2.19 bits per heavy atom. The van der Waals surface area contributed by atoms with Gasteiger partial charge in [-0.1, -0.05) is 20.8 Å². The fourth-order valence-electron chi connectivity index (χ4n) is 1.24. The van der Waals surface area contributed by atoms with Crippen molar-refractivity contribution in [3.63, 3.8) is 0 Å². The van der Waals surface area contributed by atoms with Gasteiger partial charge in [-0.05, 0) is 18.4 Å². The highest BCUT2D eigenvalue weighted by Crippen LogP contribution is 2.27. The van der Waals surface area contributed by atoms with Gasteiger partial charge in [0.25, 0.3) is 0 Å². The Morgan fingerprint density at radius 1 is 1.31 bits per heavy atom. The number of nitrogens with zero attached hydrogens (tertiary/aromatic N) is 2. The third-order valence-electron chi connectivity index (χ3n) is 2.15. The van der Waals surface area contributed by atoms with Crippen LogP contribution in [0.25, 0.3) is 6.08 Å². The van der Waals surface area contributed by atoms with Crippen LogP contribution in [0.3, 0.4) is 0 Å². The molecule has 16 heavy (non-hydrogen) atoms. The minimum atomic E-state index is -0.909. The summed E-state index contributed by atoms with van der Waals surface area (Å²) >= 11 is 0. The lowest BCUT2D eigenvalue weighted by Crippen LogP contribution is -2.17. The van der Waals surface area contributed by atoms with Crippen LogP contribution in [0.1, 0.15) is 32.2 Å². The summed E-state index contributed by atoms with van der Waals surface area (Å²) in [7, 11) is 0. The average Bonchev–Trinajstić information content (AvgIpc) is 2.14. The van der Waals surface area contributed by atoms with Gasteiger partial charge in [-0.2, -0.15) is 0 Å². The molecule has 0 aliphatic carbocycles. The Bertz CT molecular complexity index is 414. The highest BCUT2D eigenvalue weighted by Gasteiger charge is 2.23. The fraction of sp³-hybridized carbons (Fsp3) is 0.417. The van der Waals surface area contributed by atoms with Crippen LogP contribution in [-0.4, -0.2) is 21.0 Å². The number of carboxylic acids is 1. The third kappa shape index (κ3) is 3.15. The number of aryl methyl sites for hydroxylation is 1. The minimum Gasteiger partial charge on any atom is -0.478 e. The van der Waals surface area contributed by atoms with E-state index >= 15 is 0 Å². The monoisotopic (exact) mass is 220 g/mol. The SMILES string of the molecule is Cc1ncc(/C=C(/C(=O)O)C(C)(C)C)cn1. The summed E-state index contributed by atoms with van der Waals surface area (Å²) in [6, 6.07) is 0. The maximum absolute atomic E-state index is 11.1. The zero-order chi connectivity index (χ0) is 12.3. The molecule has 4 nitrogen and oxygen atoms in total. The van der Waals surface area contributed by atoms with Crippen LogP contribution >= 0.6 is 0 Å². The Balaban J connectivity index is 3.13. The van der Waals surface area contributed by atoms with E-state index in [-0.39, 0.29) is 0 Å². The van der Waals surface area contributed by atoms with Gasteiger partial charge in [-0.3, -0.25) is 0 Å². The van der Waals surface area contributed by atoms with Crippen LogP contribution in [-0.2, 0) is 4.79 Å². The second-order valence-corrected chi connectivity index (χ2v) is 4.68. The summed E-state index contributed by atoms with van der Waals surface area (Å²) in [5, 5.41) is 9.12. The Kier molecular flexibility index (Phi) is 3.42. The van der Waals surface area contributed by atoms with E-state index < -0.39 is 11.4 Å². The Labute approximate surface area is 95.1 Å². The maximum Gasteiger partial charge on any atom is 0.332 e. The third-order valence-corrected chi connectivity index (χ3v) is 2.15. The van der Waals surface area contributed by atoms with Crippen LogP contribution < -0.4 is 0 Å². The van der Waals surface area contributed by atoms with Crippen molar-refractivity contribution in [1.82, 2.24) is 9.97 Å². The van der Waals surface area contributed by atoms with Crippen molar-refractivity contribution in [2.24, 2.45) is 5.41 Å². The van der Waals surface area contributed by atoms with Gasteiger partial charge in [0.1, 0.15) is 5.82 Å². The van der Waals surface area contributed by atoms with Gasteiger partial charge in [0.2, 0.25) is 0 Å². The normalized spacial score (nSPS) is 12.6. The van der Waals surface area contributed by atoms with E-state index in [0.29, 0.717) is 17.0 Å². The minimum absolute atomic E-state index is 0.347. The molecule has 1 N–H and O–H groups in total. The van der Waals surface area contributed by atoms with Crippen molar-refractivity contribution in [2.75, 3.05) is 0 Å². The zero-order valence-corrected chi connectivity index (χ0v) is 9.98. The molecule has 4 heteroatoms. The van der Waals surface area contributed by atoms with Crippen LogP contribution in [0, 0.1) is 12.3 Å². The molecule has 0 amide bonds. The zero-order valence-electron chi connectivity index (χ0n) is 9.98. The van der Waals surface area contributed by atoms with Crippen LogP contribution in [0.15, 0.2) is 18.0 Å².